The molecule has 100 valence electrons. The van der Waals surface area contributed by atoms with Crippen LogP contribution in [0, 0.1) is 12.7 Å². The van der Waals surface area contributed by atoms with Crippen LogP contribution in [0.15, 0.2) is 18.2 Å². The summed E-state index contributed by atoms with van der Waals surface area (Å²) in [5, 5.41) is 0.424. The molecule has 0 aliphatic rings. The number of aromatic nitrogens is 2. The van der Waals surface area contributed by atoms with Gasteiger partial charge in [0.05, 0.1) is 17.8 Å². The summed E-state index contributed by atoms with van der Waals surface area (Å²) in [5.41, 5.74) is 3.04. The van der Waals surface area contributed by atoms with Gasteiger partial charge in [-0.15, -0.1) is 0 Å². The van der Waals surface area contributed by atoms with Gasteiger partial charge >= 0.3 is 0 Å². The first-order chi connectivity index (χ1) is 9.06. The number of hydrogen-bond donors (Lipinski definition) is 2. The molecule has 0 atom stereocenters. The minimum Gasteiger partial charge on any atom is -0.495 e. The van der Waals surface area contributed by atoms with Crippen LogP contribution in [0.1, 0.15) is 5.69 Å². The molecule has 0 saturated heterocycles. The van der Waals surface area contributed by atoms with E-state index in [1.165, 1.54) is 14.0 Å². The lowest BCUT2D eigenvalue weighted by Gasteiger charge is -2.08. The number of hydrogen-bond acceptors (Lipinski definition) is 5. The van der Waals surface area contributed by atoms with Crippen LogP contribution < -0.4 is 16.0 Å². The number of halogens is 2. The quantitative estimate of drug-likeness (QED) is 0.668. The van der Waals surface area contributed by atoms with Crippen LogP contribution in [-0.2, 0) is 0 Å². The number of anilines is 1. The van der Waals surface area contributed by atoms with Crippen molar-refractivity contribution in [2.24, 2.45) is 5.84 Å². The van der Waals surface area contributed by atoms with Crippen molar-refractivity contribution in [3.63, 3.8) is 0 Å². The van der Waals surface area contributed by atoms with Crippen molar-refractivity contribution >= 4 is 17.4 Å². The summed E-state index contributed by atoms with van der Waals surface area (Å²) in [6, 6.07) is 5.07. The average Bonchev–Trinajstić information content (AvgIpc) is 2.41. The highest BCUT2D eigenvalue weighted by Gasteiger charge is 2.13. The van der Waals surface area contributed by atoms with Crippen LogP contribution in [0.4, 0.5) is 10.2 Å². The summed E-state index contributed by atoms with van der Waals surface area (Å²) in [6.07, 6.45) is 0. The fourth-order valence-electron chi connectivity index (χ4n) is 1.59. The van der Waals surface area contributed by atoms with E-state index in [1.807, 2.05) is 0 Å². The molecule has 1 aromatic carbocycles. The lowest BCUT2D eigenvalue weighted by atomic mass is 10.2. The van der Waals surface area contributed by atoms with Gasteiger partial charge in [-0.25, -0.2) is 20.2 Å². The summed E-state index contributed by atoms with van der Waals surface area (Å²) < 4.78 is 18.6. The maximum Gasteiger partial charge on any atom is 0.187 e. The van der Waals surface area contributed by atoms with Gasteiger partial charge in [-0.2, -0.15) is 0 Å². The molecule has 2 aromatic rings. The average molecular weight is 283 g/mol. The van der Waals surface area contributed by atoms with Gasteiger partial charge in [0.2, 0.25) is 0 Å². The second-order valence-corrected chi connectivity index (χ2v) is 4.20. The Hall–Kier alpha value is -1.92. The number of hydrazine groups is 1. The lowest BCUT2D eigenvalue weighted by molar-refractivity contribution is 0.415. The van der Waals surface area contributed by atoms with Crippen LogP contribution in [0.25, 0.3) is 11.4 Å². The molecule has 0 spiro atoms. The normalized spacial score (nSPS) is 10.4. The van der Waals surface area contributed by atoms with E-state index in [-0.39, 0.29) is 11.5 Å². The van der Waals surface area contributed by atoms with E-state index in [2.05, 4.69) is 15.4 Å². The predicted octanol–water partition coefficient (Wildman–Crippen LogP) is 2.54. The molecular formula is C12H12ClFN4O. The molecule has 0 amide bonds. The Morgan fingerprint density at radius 1 is 1.37 bits per heavy atom. The molecule has 7 heteroatoms. The van der Waals surface area contributed by atoms with Crippen molar-refractivity contribution < 1.29 is 9.13 Å². The molecule has 3 N–H and O–H groups in total. The predicted molar refractivity (Wildman–Crippen MR) is 71.5 cm³/mol. The molecule has 5 nitrogen and oxygen atoms in total. The van der Waals surface area contributed by atoms with E-state index >= 15 is 0 Å². The van der Waals surface area contributed by atoms with E-state index in [9.17, 15) is 4.39 Å². The second-order valence-electron chi connectivity index (χ2n) is 3.79. The Labute approximate surface area is 114 Å². The number of rotatable bonds is 3. The minimum absolute atomic E-state index is 0.0607. The van der Waals surface area contributed by atoms with Crippen molar-refractivity contribution in [1.82, 2.24) is 9.97 Å². The zero-order chi connectivity index (χ0) is 14.0. The van der Waals surface area contributed by atoms with Gasteiger partial charge in [-0.1, -0.05) is 11.6 Å². The highest BCUT2D eigenvalue weighted by Crippen LogP contribution is 2.29. The smallest absolute Gasteiger partial charge is 0.187 e. The molecule has 0 fully saturated rings. The third kappa shape index (κ3) is 2.59. The van der Waals surface area contributed by atoms with E-state index in [1.54, 1.807) is 18.2 Å². The van der Waals surface area contributed by atoms with Gasteiger partial charge in [0, 0.05) is 5.56 Å². The van der Waals surface area contributed by atoms with E-state index in [0.29, 0.717) is 22.2 Å². The molecule has 0 unspecified atom stereocenters. The molecule has 0 saturated carbocycles. The number of methoxy groups -OCH3 is 1. The first-order valence-electron chi connectivity index (χ1n) is 5.41. The summed E-state index contributed by atoms with van der Waals surface area (Å²) in [6.45, 7) is 1.53. The van der Waals surface area contributed by atoms with E-state index in [4.69, 9.17) is 22.2 Å². The van der Waals surface area contributed by atoms with E-state index < -0.39 is 5.82 Å². The fourth-order valence-corrected chi connectivity index (χ4v) is 1.85. The third-order valence-electron chi connectivity index (χ3n) is 2.56. The maximum absolute atomic E-state index is 13.6. The Bertz CT molecular complexity index is 621. The van der Waals surface area contributed by atoms with Crippen molar-refractivity contribution in [3.05, 3.63) is 34.7 Å². The summed E-state index contributed by atoms with van der Waals surface area (Å²) >= 11 is 6.03. The van der Waals surface area contributed by atoms with Crippen LogP contribution in [0.3, 0.4) is 0 Å². The number of ether oxygens (including phenoxy) is 1. The standard InChI is InChI=1S/C12H12ClFN4O/c1-6-10(14)12(18-15)17-11(16-6)7-3-4-9(19-2)8(13)5-7/h3-5H,15H2,1-2H3,(H,16,17,18). The van der Waals surface area contributed by atoms with Crippen molar-refractivity contribution in [3.8, 4) is 17.1 Å². The van der Waals surface area contributed by atoms with Crippen molar-refractivity contribution in [2.75, 3.05) is 12.5 Å². The highest BCUT2D eigenvalue weighted by atomic mass is 35.5. The maximum atomic E-state index is 13.6. The lowest BCUT2D eigenvalue weighted by Crippen LogP contribution is -2.13. The largest absolute Gasteiger partial charge is 0.495 e. The highest BCUT2D eigenvalue weighted by molar-refractivity contribution is 6.32. The molecule has 1 heterocycles. The summed E-state index contributed by atoms with van der Waals surface area (Å²) in [5.74, 6) is 5.45. The van der Waals surface area contributed by atoms with Gasteiger partial charge in [0.1, 0.15) is 5.75 Å². The molecule has 0 aliphatic carbocycles. The molecule has 0 bridgehead atoms. The summed E-state index contributed by atoms with van der Waals surface area (Å²) in [4.78, 5) is 8.06. The third-order valence-corrected chi connectivity index (χ3v) is 2.86. The second kappa shape index (κ2) is 5.38. The molecule has 0 aliphatic heterocycles. The number of nitrogen functional groups attached to an aromatic ring is 1. The SMILES string of the molecule is COc1ccc(-c2nc(C)c(F)c(NN)n2)cc1Cl. The number of nitrogens with zero attached hydrogens (tertiary/aromatic N) is 2. The Kier molecular flexibility index (Phi) is 3.82. The van der Waals surface area contributed by atoms with Crippen LogP contribution in [0.2, 0.25) is 5.02 Å². The monoisotopic (exact) mass is 282 g/mol. The molecule has 2 rings (SSSR count). The van der Waals surface area contributed by atoms with Gasteiger partial charge in [0.25, 0.3) is 0 Å². The first kappa shape index (κ1) is 13.5. The number of nitrogens with one attached hydrogen (secondary N) is 1. The molecular weight excluding hydrogens is 271 g/mol. The number of aryl methyl sites for hydroxylation is 1. The van der Waals surface area contributed by atoms with E-state index in [0.717, 1.165) is 0 Å². The molecule has 1 aromatic heterocycles. The van der Waals surface area contributed by atoms with Crippen LogP contribution in [0.5, 0.6) is 5.75 Å². The minimum atomic E-state index is -0.578. The molecule has 19 heavy (non-hydrogen) atoms. The van der Waals surface area contributed by atoms with Crippen LogP contribution in [-0.4, -0.2) is 17.1 Å². The van der Waals surface area contributed by atoms with Crippen molar-refractivity contribution in [1.29, 1.82) is 0 Å². The number of nitrogens with two attached hydrogens (primary N) is 1. The molecule has 0 radical (unpaired) electrons. The van der Waals surface area contributed by atoms with Gasteiger partial charge in [-0.3, -0.25) is 0 Å². The fraction of sp³-hybridized carbons (Fsp3) is 0.167. The van der Waals surface area contributed by atoms with Gasteiger partial charge in [0.15, 0.2) is 17.5 Å². The Morgan fingerprint density at radius 2 is 2.11 bits per heavy atom. The Morgan fingerprint density at radius 3 is 2.68 bits per heavy atom. The topological polar surface area (TPSA) is 73.1 Å². The van der Waals surface area contributed by atoms with Gasteiger partial charge < -0.3 is 10.2 Å². The first-order valence-corrected chi connectivity index (χ1v) is 5.79. The number of benzene rings is 1. The van der Waals surface area contributed by atoms with Gasteiger partial charge in [-0.05, 0) is 25.1 Å². The van der Waals surface area contributed by atoms with Crippen LogP contribution >= 0.6 is 11.6 Å². The van der Waals surface area contributed by atoms with Crippen molar-refractivity contribution in [2.45, 2.75) is 6.92 Å². The Balaban J connectivity index is 2.53. The zero-order valence-electron chi connectivity index (χ0n) is 10.4. The summed E-state index contributed by atoms with van der Waals surface area (Å²) in [7, 11) is 1.52. The zero-order valence-corrected chi connectivity index (χ0v) is 11.1.